The van der Waals surface area contributed by atoms with Crippen LogP contribution in [0.5, 0.6) is 5.75 Å². The van der Waals surface area contributed by atoms with Crippen LogP contribution in [0.4, 0.5) is 10.1 Å². The summed E-state index contributed by atoms with van der Waals surface area (Å²) in [5, 5.41) is 12.0. The standard InChI is InChI=1S/C22H18ClFN4O2/c1-13-9-14(2)22(18(23)10-13)30-12-21(29)25-16-5-8-19-20(11-16)27-28(26-19)17-6-3-15(24)4-7-17/h3-11H,12H2,1-2H3,(H,25,29). The van der Waals surface area contributed by atoms with Crippen molar-refractivity contribution in [2.75, 3.05) is 11.9 Å². The number of carbonyl (C=O) groups excluding carboxylic acids is 1. The summed E-state index contributed by atoms with van der Waals surface area (Å²) in [6, 6.07) is 14.8. The Kier molecular flexibility index (Phi) is 5.37. The highest BCUT2D eigenvalue weighted by atomic mass is 35.5. The van der Waals surface area contributed by atoms with E-state index in [4.69, 9.17) is 16.3 Å². The average molecular weight is 425 g/mol. The van der Waals surface area contributed by atoms with Gasteiger partial charge in [-0.2, -0.15) is 4.80 Å². The molecule has 6 nitrogen and oxygen atoms in total. The molecule has 4 aromatic rings. The lowest BCUT2D eigenvalue weighted by atomic mass is 10.1. The highest BCUT2D eigenvalue weighted by molar-refractivity contribution is 6.32. The second-order valence-corrected chi connectivity index (χ2v) is 7.31. The number of hydrogen-bond donors (Lipinski definition) is 1. The van der Waals surface area contributed by atoms with Crippen LogP contribution in [0.1, 0.15) is 11.1 Å². The Morgan fingerprint density at radius 1 is 1.07 bits per heavy atom. The van der Waals surface area contributed by atoms with Crippen molar-refractivity contribution >= 4 is 34.2 Å². The predicted molar refractivity (Wildman–Crippen MR) is 114 cm³/mol. The summed E-state index contributed by atoms with van der Waals surface area (Å²) in [5.41, 5.74) is 4.33. The predicted octanol–water partition coefficient (Wildman–Crippen LogP) is 4.85. The first-order chi connectivity index (χ1) is 14.4. The number of amides is 1. The van der Waals surface area contributed by atoms with Crippen molar-refractivity contribution in [3.8, 4) is 11.4 Å². The molecule has 1 heterocycles. The largest absolute Gasteiger partial charge is 0.482 e. The molecule has 0 saturated heterocycles. The SMILES string of the molecule is Cc1cc(C)c(OCC(=O)Nc2ccc3nn(-c4ccc(F)cc4)nc3c2)c(Cl)c1. The third-order valence-corrected chi connectivity index (χ3v) is 4.72. The number of aryl methyl sites for hydroxylation is 2. The number of nitrogens with zero attached hydrogens (tertiary/aromatic N) is 3. The summed E-state index contributed by atoms with van der Waals surface area (Å²) in [4.78, 5) is 13.7. The molecule has 1 amide bonds. The van der Waals surface area contributed by atoms with Crippen LogP contribution in [0.2, 0.25) is 5.02 Å². The molecule has 0 radical (unpaired) electrons. The molecule has 0 unspecified atom stereocenters. The minimum Gasteiger partial charge on any atom is -0.482 e. The van der Waals surface area contributed by atoms with Gasteiger partial charge in [0.1, 0.15) is 22.6 Å². The summed E-state index contributed by atoms with van der Waals surface area (Å²) < 4.78 is 18.7. The van der Waals surface area contributed by atoms with Gasteiger partial charge >= 0.3 is 0 Å². The van der Waals surface area contributed by atoms with Crippen molar-refractivity contribution in [1.29, 1.82) is 0 Å². The summed E-state index contributed by atoms with van der Waals surface area (Å²) in [5.74, 6) is -0.156. The first-order valence-electron chi connectivity index (χ1n) is 9.21. The van der Waals surface area contributed by atoms with Gasteiger partial charge in [-0.05, 0) is 73.5 Å². The molecule has 0 spiro atoms. The number of ether oxygens (including phenoxy) is 1. The molecule has 0 fully saturated rings. The summed E-state index contributed by atoms with van der Waals surface area (Å²) in [7, 11) is 0. The molecule has 0 aliphatic carbocycles. The highest BCUT2D eigenvalue weighted by Gasteiger charge is 2.11. The highest BCUT2D eigenvalue weighted by Crippen LogP contribution is 2.29. The minimum absolute atomic E-state index is 0.177. The average Bonchev–Trinajstić information content (AvgIpc) is 3.11. The third kappa shape index (κ3) is 4.26. The number of anilines is 1. The Morgan fingerprint density at radius 3 is 2.53 bits per heavy atom. The van der Waals surface area contributed by atoms with Crippen LogP contribution < -0.4 is 10.1 Å². The van der Waals surface area contributed by atoms with Crippen LogP contribution in [0, 0.1) is 19.7 Å². The van der Waals surface area contributed by atoms with Gasteiger partial charge in [-0.1, -0.05) is 17.7 Å². The number of halogens is 2. The Bertz CT molecular complexity index is 1210. The molecular weight excluding hydrogens is 407 g/mol. The third-order valence-electron chi connectivity index (χ3n) is 4.44. The zero-order valence-electron chi connectivity index (χ0n) is 16.3. The fourth-order valence-electron chi connectivity index (χ4n) is 3.10. The molecule has 0 bridgehead atoms. The Balaban J connectivity index is 1.46. The van der Waals surface area contributed by atoms with E-state index in [1.807, 2.05) is 19.9 Å². The molecule has 0 aliphatic heterocycles. The van der Waals surface area contributed by atoms with E-state index in [-0.39, 0.29) is 18.3 Å². The van der Waals surface area contributed by atoms with Crippen LogP contribution in [0.15, 0.2) is 54.6 Å². The normalized spacial score (nSPS) is 10.9. The Morgan fingerprint density at radius 2 is 1.80 bits per heavy atom. The lowest BCUT2D eigenvalue weighted by Crippen LogP contribution is -2.20. The van der Waals surface area contributed by atoms with Gasteiger partial charge in [0.05, 0.1) is 10.7 Å². The molecular formula is C22H18ClFN4O2. The maximum absolute atomic E-state index is 13.1. The van der Waals surface area contributed by atoms with Gasteiger partial charge in [0.25, 0.3) is 5.91 Å². The van der Waals surface area contributed by atoms with Crippen molar-refractivity contribution in [2.24, 2.45) is 0 Å². The Labute approximate surface area is 177 Å². The van der Waals surface area contributed by atoms with Gasteiger partial charge in [0, 0.05) is 5.69 Å². The monoisotopic (exact) mass is 424 g/mol. The van der Waals surface area contributed by atoms with Gasteiger partial charge in [-0.15, -0.1) is 10.2 Å². The van der Waals surface area contributed by atoms with Crippen LogP contribution in [0.25, 0.3) is 16.7 Å². The molecule has 152 valence electrons. The summed E-state index contributed by atoms with van der Waals surface area (Å²) in [6.45, 7) is 3.65. The topological polar surface area (TPSA) is 69.0 Å². The molecule has 0 atom stereocenters. The first kappa shape index (κ1) is 19.8. The summed E-state index contributed by atoms with van der Waals surface area (Å²) >= 11 is 6.21. The van der Waals surface area contributed by atoms with E-state index in [9.17, 15) is 9.18 Å². The van der Waals surface area contributed by atoms with Crippen LogP contribution in [0.3, 0.4) is 0 Å². The molecule has 4 rings (SSSR count). The molecule has 0 saturated carbocycles. The van der Waals surface area contributed by atoms with Crippen molar-refractivity contribution in [1.82, 2.24) is 15.0 Å². The maximum atomic E-state index is 13.1. The zero-order valence-corrected chi connectivity index (χ0v) is 17.1. The number of hydrogen-bond acceptors (Lipinski definition) is 4. The van der Waals surface area contributed by atoms with E-state index >= 15 is 0 Å². The fraction of sp³-hybridized carbons (Fsp3) is 0.136. The van der Waals surface area contributed by atoms with E-state index in [0.29, 0.717) is 33.2 Å². The zero-order chi connectivity index (χ0) is 21.3. The number of aromatic nitrogens is 3. The van der Waals surface area contributed by atoms with Crippen molar-refractivity contribution in [3.05, 3.63) is 76.6 Å². The molecule has 30 heavy (non-hydrogen) atoms. The van der Waals surface area contributed by atoms with Crippen LogP contribution >= 0.6 is 11.6 Å². The van der Waals surface area contributed by atoms with Gasteiger partial charge < -0.3 is 10.1 Å². The second kappa shape index (κ2) is 8.12. The molecule has 3 aromatic carbocycles. The van der Waals surface area contributed by atoms with Crippen LogP contribution in [-0.2, 0) is 4.79 Å². The fourth-order valence-corrected chi connectivity index (χ4v) is 3.48. The van der Waals surface area contributed by atoms with Crippen molar-refractivity contribution < 1.29 is 13.9 Å². The lowest BCUT2D eigenvalue weighted by Gasteiger charge is -2.12. The quantitative estimate of drug-likeness (QED) is 0.497. The number of nitrogens with one attached hydrogen (secondary N) is 1. The van der Waals surface area contributed by atoms with E-state index in [1.165, 1.54) is 16.9 Å². The van der Waals surface area contributed by atoms with E-state index in [1.54, 1.807) is 36.4 Å². The van der Waals surface area contributed by atoms with Gasteiger partial charge in [0.15, 0.2) is 6.61 Å². The number of carbonyl (C=O) groups is 1. The molecule has 1 aromatic heterocycles. The Hall–Kier alpha value is -3.45. The number of fused-ring (bicyclic) bond motifs is 1. The minimum atomic E-state index is -0.329. The number of benzene rings is 3. The molecule has 8 heteroatoms. The van der Waals surface area contributed by atoms with Gasteiger partial charge in [-0.3, -0.25) is 4.79 Å². The molecule has 1 N–H and O–H groups in total. The smallest absolute Gasteiger partial charge is 0.262 e. The molecule has 0 aliphatic rings. The van der Waals surface area contributed by atoms with Gasteiger partial charge in [0.2, 0.25) is 0 Å². The maximum Gasteiger partial charge on any atom is 0.262 e. The van der Waals surface area contributed by atoms with Crippen molar-refractivity contribution in [3.63, 3.8) is 0 Å². The van der Waals surface area contributed by atoms with Gasteiger partial charge in [-0.25, -0.2) is 4.39 Å². The number of rotatable bonds is 5. The summed E-state index contributed by atoms with van der Waals surface area (Å²) in [6.07, 6.45) is 0. The van der Waals surface area contributed by atoms with E-state index in [2.05, 4.69) is 15.5 Å². The van der Waals surface area contributed by atoms with Crippen LogP contribution in [-0.4, -0.2) is 27.5 Å². The second-order valence-electron chi connectivity index (χ2n) is 6.90. The first-order valence-corrected chi connectivity index (χ1v) is 9.59. The van der Waals surface area contributed by atoms with E-state index < -0.39 is 0 Å². The van der Waals surface area contributed by atoms with E-state index in [0.717, 1.165) is 11.1 Å². The lowest BCUT2D eigenvalue weighted by molar-refractivity contribution is -0.118. The van der Waals surface area contributed by atoms with Crippen molar-refractivity contribution in [2.45, 2.75) is 13.8 Å².